The first-order chi connectivity index (χ1) is 18.7. The lowest BCUT2D eigenvalue weighted by Crippen LogP contribution is -2.50. The minimum atomic E-state index is -6.28. The average molecular weight is 648 g/mol. The molecule has 0 bridgehead atoms. The van der Waals surface area contributed by atoms with E-state index in [1.807, 2.05) is 0 Å². The Hall–Kier alpha value is -2.51. The number of aliphatic hydroxyl groups excluding tert-OH is 1. The van der Waals surface area contributed by atoms with Gasteiger partial charge in [0.05, 0.1) is 31.2 Å². The Labute approximate surface area is 230 Å². The van der Waals surface area contributed by atoms with Crippen LogP contribution in [0.3, 0.4) is 0 Å². The molecule has 0 fully saturated rings. The van der Waals surface area contributed by atoms with Crippen molar-refractivity contribution in [1.82, 2.24) is 0 Å². The number of esters is 3. The zero-order chi connectivity index (χ0) is 33.5. The van der Waals surface area contributed by atoms with Gasteiger partial charge in [0.15, 0.2) is 0 Å². The van der Waals surface area contributed by atoms with E-state index in [2.05, 4.69) is 9.47 Å². The quantitative estimate of drug-likeness (QED) is 0.156. The van der Waals surface area contributed by atoms with E-state index >= 15 is 0 Å². The first-order valence-corrected chi connectivity index (χ1v) is 11.8. The molecular formula is C22H28F12O8. The van der Waals surface area contributed by atoms with Gasteiger partial charge in [-0.15, -0.1) is 0 Å². The molecule has 0 aromatic heterocycles. The maximum absolute atomic E-state index is 13.0. The first kappa shape index (κ1) is 39.5. The molecule has 0 amide bonds. The largest absolute Gasteiger partial charge is 0.460 e. The second kappa shape index (κ2) is 14.8. The predicted molar refractivity (Wildman–Crippen MR) is 113 cm³/mol. The molecule has 0 rings (SSSR count). The van der Waals surface area contributed by atoms with Crippen LogP contribution < -0.4 is 0 Å². The number of halogens is 12. The third kappa shape index (κ3) is 13.2. The van der Waals surface area contributed by atoms with Crippen LogP contribution in [0.15, 0.2) is 0 Å². The number of ether oxygens (including phenoxy) is 4. The zero-order valence-corrected chi connectivity index (χ0v) is 22.3. The van der Waals surface area contributed by atoms with Gasteiger partial charge in [0.25, 0.3) is 12.2 Å². The van der Waals surface area contributed by atoms with E-state index in [4.69, 9.17) is 14.6 Å². The van der Waals surface area contributed by atoms with Crippen molar-refractivity contribution in [2.45, 2.75) is 95.6 Å². The van der Waals surface area contributed by atoms with Crippen LogP contribution in [0.5, 0.6) is 0 Å². The minimum absolute atomic E-state index is 0.137. The molecule has 0 saturated carbocycles. The highest BCUT2D eigenvalue weighted by atomic mass is 19.4. The summed E-state index contributed by atoms with van der Waals surface area (Å²) < 4.78 is 173. The summed E-state index contributed by atoms with van der Waals surface area (Å²) in [5, 5.41) is 8.81. The van der Waals surface area contributed by atoms with Crippen LogP contribution in [-0.4, -0.2) is 84.8 Å². The molecule has 4 unspecified atom stereocenters. The molecule has 0 saturated heterocycles. The van der Waals surface area contributed by atoms with Crippen LogP contribution in [-0.2, 0) is 33.3 Å². The Morgan fingerprint density at radius 1 is 0.738 bits per heavy atom. The Balaban J connectivity index is 6.59. The van der Waals surface area contributed by atoms with Crippen molar-refractivity contribution in [3.63, 3.8) is 0 Å². The Morgan fingerprint density at radius 3 is 1.50 bits per heavy atom. The van der Waals surface area contributed by atoms with E-state index in [-0.39, 0.29) is 13.0 Å². The van der Waals surface area contributed by atoms with Gasteiger partial charge in [-0.3, -0.25) is 14.4 Å². The van der Waals surface area contributed by atoms with E-state index < -0.39 is 97.8 Å². The lowest BCUT2D eigenvalue weighted by Gasteiger charge is -2.35. The van der Waals surface area contributed by atoms with Crippen molar-refractivity contribution in [3.05, 3.63) is 0 Å². The normalized spacial score (nSPS) is 16.9. The topological polar surface area (TPSA) is 108 Å². The van der Waals surface area contributed by atoms with Gasteiger partial charge in [-0.1, -0.05) is 6.92 Å². The van der Waals surface area contributed by atoms with Crippen molar-refractivity contribution in [1.29, 1.82) is 0 Å². The highest BCUT2D eigenvalue weighted by Crippen LogP contribution is 2.40. The molecule has 4 atom stereocenters. The second-order valence-corrected chi connectivity index (χ2v) is 9.39. The Kier molecular flexibility index (Phi) is 13.9. The van der Waals surface area contributed by atoms with E-state index in [0.29, 0.717) is 6.92 Å². The van der Waals surface area contributed by atoms with Gasteiger partial charge in [0, 0.05) is 13.3 Å². The highest BCUT2D eigenvalue weighted by Gasteiger charge is 2.62. The number of alkyl halides is 12. The maximum atomic E-state index is 13.0. The standard InChI is InChI=1S/C22H28F12O8/c1-10(39-8-7-35)5-6-18(4,42-12(3)36)9-13(15(38)41-17(21(29,30)31)22(32,33)34)11(2)14(37)40-16(19(23,24)25)20(26,27)28/h10-11,13,16-17,35H,5-9H2,1-4H3. The van der Waals surface area contributed by atoms with Crippen LogP contribution in [0.2, 0.25) is 0 Å². The van der Waals surface area contributed by atoms with Gasteiger partial charge in [-0.25, -0.2) is 0 Å². The summed E-state index contributed by atoms with van der Waals surface area (Å²) >= 11 is 0. The number of carbonyl (C=O) groups excluding carboxylic acids is 3. The molecule has 20 heteroatoms. The lowest BCUT2D eigenvalue weighted by molar-refractivity contribution is -0.317. The van der Waals surface area contributed by atoms with Gasteiger partial charge in [-0.05, 0) is 26.7 Å². The minimum Gasteiger partial charge on any atom is -0.460 e. The number of rotatable bonds is 14. The summed E-state index contributed by atoms with van der Waals surface area (Å²) in [5.74, 6) is -11.4. The van der Waals surface area contributed by atoms with E-state index in [0.717, 1.165) is 13.8 Å². The van der Waals surface area contributed by atoms with Crippen molar-refractivity contribution in [2.24, 2.45) is 11.8 Å². The maximum Gasteiger partial charge on any atom is 0.434 e. The molecule has 0 radical (unpaired) electrons. The molecule has 0 aromatic rings. The zero-order valence-electron chi connectivity index (χ0n) is 22.3. The van der Waals surface area contributed by atoms with Gasteiger partial charge < -0.3 is 24.1 Å². The van der Waals surface area contributed by atoms with Gasteiger partial charge in [-0.2, -0.15) is 52.7 Å². The van der Waals surface area contributed by atoms with Crippen molar-refractivity contribution in [3.8, 4) is 0 Å². The highest BCUT2D eigenvalue weighted by molar-refractivity contribution is 5.82. The molecule has 0 spiro atoms. The smallest absolute Gasteiger partial charge is 0.434 e. The number of hydrogen-bond acceptors (Lipinski definition) is 8. The molecule has 0 aromatic carbocycles. The van der Waals surface area contributed by atoms with Crippen molar-refractivity contribution < 1.29 is 91.1 Å². The average Bonchev–Trinajstić information content (AvgIpc) is 2.77. The SMILES string of the molecule is CC(=O)OC(C)(CCC(C)OCCO)CC(C(=O)OC(C(F)(F)F)C(F)(F)F)C(C)C(=O)OC(C(F)(F)F)C(F)(F)F. The summed E-state index contributed by atoms with van der Waals surface area (Å²) in [6, 6.07) is 0. The number of carbonyl (C=O) groups is 3. The van der Waals surface area contributed by atoms with Crippen LogP contribution in [0.1, 0.15) is 47.0 Å². The Morgan fingerprint density at radius 2 is 1.14 bits per heavy atom. The summed E-state index contributed by atoms with van der Waals surface area (Å²) in [6.45, 7) is 2.95. The Bertz CT molecular complexity index is 872. The predicted octanol–water partition coefficient (Wildman–Crippen LogP) is 5.20. The van der Waals surface area contributed by atoms with Crippen LogP contribution in [0.4, 0.5) is 52.7 Å². The summed E-state index contributed by atoms with van der Waals surface area (Å²) in [6.07, 6.45) is -37.2. The molecule has 0 aliphatic rings. The number of hydrogen-bond donors (Lipinski definition) is 1. The fourth-order valence-electron chi connectivity index (χ4n) is 3.55. The first-order valence-electron chi connectivity index (χ1n) is 11.8. The van der Waals surface area contributed by atoms with Gasteiger partial charge in [0.1, 0.15) is 5.60 Å². The molecule has 0 heterocycles. The van der Waals surface area contributed by atoms with Gasteiger partial charge in [0.2, 0.25) is 0 Å². The second-order valence-electron chi connectivity index (χ2n) is 9.39. The number of aliphatic hydroxyl groups is 1. The summed E-state index contributed by atoms with van der Waals surface area (Å²) in [4.78, 5) is 36.7. The van der Waals surface area contributed by atoms with Crippen molar-refractivity contribution >= 4 is 17.9 Å². The van der Waals surface area contributed by atoms with Crippen molar-refractivity contribution in [2.75, 3.05) is 13.2 Å². The van der Waals surface area contributed by atoms with Gasteiger partial charge >= 0.3 is 42.6 Å². The lowest BCUT2D eigenvalue weighted by atomic mass is 9.81. The monoisotopic (exact) mass is 648 g/mol. The fourth-order valence-corrected chi connectivity index (χ4v) is 3.55. The molecule has 42 heavy (non-hydrogen) atoms. The van der Waals surface area contributed by atoms with Crippen LogP contribution in [0, 0.1) is 11.8 Å². The van der Waals surface area contributed by atoms with E-state index in [1.54, 1.807) is 0 Å². The third-order valence-electron chi connectivity index (χ3n) is 5.55. The molecule has 1 N–H and O–H groups in total. The van der Waals surface area contributed by atoms with E-state index in [1.165, 1.54) is 6.92 Å². The third-order valence-corrected chi connectivity index (χ3v) is 5.55. The van der Waals surface area contributed by atoms with Crippen LogP contribution in [0.25, 0.3) is 0 Å². The molecule has 0 aliphatic carbocycles. The molecule has 0 aliphatic heterocycles. The fraction of sp³-hybridized carbons (Fsp3) is 0.864. The van der Waals surface area contributed by atoms with Crippen LogP contribution >= 0.6 is 0 Å². The summed E-state index contributed by atoms with van der Waals surface area (Å²) in [5.41, 5.74) is -2.08. The summed E-state index contributed by atoms with van der Waals surface area (Å²) in [7, 11) is 0. The molecule has 8 nitrogen and oxygen atoms in total. The molecular weight excluding hydrogens is 620 g/mol. The molecule has 248 valence electrons. The van der Waals surface area contributed by atoms with E-state index in [9.17, 15) is 67.1 Å².